The van der Waals surface area contributed by atoms with Gasteiger partial charge >= 0.3 is 6.09 Å². The lowest BCUT2D eigenvalue weighted by atomic mass is 9.93. The Morgan fingerprint density at radius 2 is 1.72 bits per heavy atom. The first kappa shape index (κ1) is 19.1. The number of fused-ring (bicyclic) bond motifs is 1. The zero-order valence-electron chi connectivity index (χ0n) is 15.8. The second kappa shape index (κ2) is 8.86. The minimum Gasteiger partial charge on any atom is -0.445 e. The van der Waals surface area contributed by atoms with Crippen LogP contribution >= 0.6 is 11.6 Å². The second-order valence-corrected chi connectivity index (χ2v) is 7.30. The van der Waals surface area contributed by atoms with Crippen LogP contribution in [0, 0.1) is 11.8 Å². The van der Waals surface area contributed by atoms with E-state index in [1.165, 1.54) is 5.56 Å². The molecule has 0 N–H and O–H groups in total. The van der Waals surface area contributed by atoms with Crippen LogP contribution in [0.4, 0.5) is 4.79 Å². The molecule has 1 aliphatic rings. The highest BCUT2D eigenvalue weighted by atomic mass is 35.5. The third kappa shape index (κ3) is 4.62. The van der Waals surface area contributed by atoms with Crippen LogP contribution in [0.3, 0.4) is 0 Å². The number of benzene rings is 3. The van der Waals surface area contributed by atoms with E-state index >= 15 is 0 Å². The monoisotopic (exact) mass is 401 g/mol. The molecule has 144 valence electrons. The predicted molar refractivity (Wildman–Crippen MR) is 115 cm³/mol. The second-order valence-electron chi connectivity index (χ2n) is 6.86. The smallest absolute Gasteiger partial charge is 0.411 e. The summed E-state index contributed by atoms with van der Waals surface area (Å²) in [6, 6.07) is 24.8. The summed E-state index contributed by atoms with van der Waals surface area (Å²) in [4.78, 5) is 14.6. The van der Waals surface area contributed by atoms with Crippen LogP contribution in [0.25, 0.3) is 0 Å². The van der Waals surface area contributed by atoms with Crippen LogP contribution in [0.15, 0.2) is 78.9 Å². The van der Waals surface area contributed by atoms with Gasteiger partial charge in [0.1, 0.15) is 12.6 Å². The van der Waals surface area contributed by atoms with Crippen LogP contribution in [0.5, 0.6) is 0 Å². The fourth-order valence-corrected chi connectivity index (χ4v) is 3.53. The van der Waals surface area contributed by atoms with Gasteiger partial charge < -0.3 is 4.74 Å². The van der Waals surface area contributed by atoms with Gasteiger partial charge in [-0.3, -0.25) is 4.90 Å². The van der Waals surface area contributed by atoms with Gasteiger partial charge in [-0.05, 0) is 47.4 Å². The van der Waals surface area contributed by atoms with Gasteiger partial charge in [0.15, 0.2) is 0 Å². The highest BCUT2D eigenvalue weighted by Gasteiger charge is 2.30. The minimum atomic E-state index is -0.348. The van der Waals surface area contributed by atoms with Crippen molar-refractivity contribution in [3.05, 3.63) is 106 Å². The van der Waals surface area contributed by atoms with E-state index in [1.54, 1.807) is 4.90 Å². The highest BCUT2D eigenvalue weighted by Crippen LogP contribution is 2.30. The first-order chi connectivity index (χ1) is 14.2. The van der Waals surface area contributed by atoms with Crippen molar-refractivity contribution in [2.75, 3.05) is 6.54 Å². The summed E-state index contributed by atoms with van der Waals surface area (Å²) in [6.07, 6.45) is 0.439. The number of amides is 1. The van der Waals surface area contributed by atoms with E-state index in [4.69, 9.17) is 16.3 Å². The van der Waals surface area contributed by atoms with Crippen molar-refractivity contribution >= 4 is 17.7 Å². The SMILES string of the molecule is O=C(OCc1ccccc1)N1CCc2ccccc2[C@@H]1C#Cc1ccc(Cl)cc1. The first-order valence-electron chi connectivity index (χ1n) is 9.53. The fraction of sp³-hybridized carbons (Fsp3) is 0.160. The molecule has 1 aliphatic heterocycles. The molecule has 0 saturated heterocycles. The van der Waals surface area contributed by atoms with Crippen molar-refractivity contribution in [1.82, 2.24) is 4.90 Å². The molecule has 1 atom stereocenters. The Morgan fingerprint density at radius 3 is 2.52 bits per heavy atom. The van der Waals surface area contributed by atoms with E-state index in [1.807, 2.05) is 72.8 Å². The molecular formula is C25H20ClNO2. The first-order valence-corrected chi connectivity index (χ1v) is 9.91. The lowest BCUT2D eigenvalue weighted by Gasteiger charge is -2.33. The standard InChI is InChI=1S/C25H20ClNO2/c26-22-13-10-19(11-14-22)12-15-24-23-9-5-4-8-21(23)16-17-27(24)25(28)29-18-20-6-2-1-3-7-20/h1-11,13-14,24H,16-18H2/t24-/m0/s1. The molecule has 0 aliphatic carbocycles. The molecular weight excluding hydrogens is 382 g/mol. The molecule has 3 aromatic carbocycles. The van der Waals surface area contributed by atoms with Gasteiger partial charge in [-0.15, -0.1) is 0 Å². The fourth-order valence-electron chi connectivity index (χ4n) is 3.41. The molecule has 3 aromatic rings. The van der Waals surface area contributed by atoms with Crippen molar-refractivity contribution in [1.29, 1.82) is 0 Å². The summed E-state index contributed by atoms with van der Waals surface area (Å²) < 4.78 is 5.58. The van der Waals surface area contributed by atoms with E-state index in [0.29, 0.717) is 11.6 Å². The quantitative estimate of drug-likeness (QED) is 0.521. The van der Waals surface area contributed by atoms with Crippen LogP contribution < -0.4 is 0 Å². The topological polar surface area (TPSA) is 29.5 Å². The number of ether oxygens (including phenoxy) is 1. The Morgan fingerprint density at radius 1 is 1.00 bits per heavy atom. The van der Waals surface area contributed by atoms with Gasteiger partial charge in [0.2, 0.25) is 0 Å². The van der Waals surface area contributed by atoms with Crippen LogP contribution in [-0.2, 0) is 17.8 Å². The summed E-state index contributed by atoms with van der Waals surface area (Å²) >= 11 is 5.96. The number of hydrogen-bond donors (Lipinski definition) is 0. The molecule has 29 heavy (non-hydrogen) atoms. The molecule has 1 amide bonds. The number of nitrogens with zero attached hydrogens (tertiary/aromatic N) is 1. The van der Waals surface area contributed by atoms with Crippen LogP contribution in [0.2, 0.25) is 5.02 Å². The zero-order chi connectivity index (χ0) is 20.1. The molecule has 4 rings (SSSR count). The molecule has 4 heteroatoms. The lowest BCUT2D eigenvalue weighted by Crippen LogP contribution is -2.39. The van der Waals surface area contributed by atoms with Crippen molar-refractivity contribution in [2.24, 2.45) is 0 Å². The molecule has 0 spiro atoms. The Hall–Kier alpha value is -3.22. The van der Waals surface area contributed by atoms with Gasteiger partial charge in [-0.2, -0.15) is 0 Å². The third-order valence-corrected chi connectivity index (χ3v) is 5.17. The number of carbonyl (C=O) groups is 1. The summed E-state index contributed by atoms with van der Waals surface area (Å²) in [5.74, 6) is 6.46. The van der Waals surface area contributed by atoms with Gasteiger partial charge in [0.05, 0.1) is 0 Å². The van der Waals surface area contributed by atoms with Crippen molar-refractivity contribution in [2.45, 2.75) is 19.1 Å². The zero-order valence-corrected chi connectivity index (χ0v) is 16.6. The van der Waals surface area contributed by atoms with E-state index < -0.39 is 0 Å². The minimum absolute atomic E-state index is 0.245. The third-order valence-electron chi connectivity index (χ3n) is 4.92. The van der Waals surface area contributed by atoms with E-state index in [-0.39, 0.29) is 18.7 Å². The average molecular weight is 402 g/mol. The van der Waals surface area contributed by atoms with E-state index in [0.717, 1.165) is 23.1 Å². The van der Waals surface area contributed by atoms with Gasteiger partial charge in [0.25, 0.3) is 0 Å². The maximum atomic E-state index is 12.9. The Balaban J connectivity index is 1.58. The Kier molecular flexibility index (Phi) is 5.84. The number of halogens is 1. The molecule has 0 radical (unpaired) electrons. The molecule has 0 bridgehead atoms. The van der Waals surface area contributed by atoms with Crippen molar-refractivity contribution < 1.29 is 9.53 Å². The van der Waals surface area contributed by atoms with Crippen LogP contribution in [-0.4, -0.2) is 17.5 Å². The van der Waals surface area contributed by atoms with Crippen LogP contribution in [0.1, 0.15) is 28.3 Å². The molecule has 3 nitrogen and oxygen atoms in total. The van der Waals surface area contributed by atoms with E-state index in [9.17, 15) is 4.79 Å². The normalized spacial score (nSPS) is 15.1. The largest absolute Gasteiger partial charge is 0.445 e. The summed E-state index contributed by atoms with van der Waals surface area (Å²) in [5, 5.41) is 0.671. The number of rotatable bonds is 2. The summed E-state index contributed by atoms with van der Waals surface area (Å²) in [7, 11) is 0. The molecule has 0 saturated carbocycles. The summed E-state index contributed by atoms with van der Waals surface area (Å²) in [5.41, 5.74) is 4.09. The van der Waals surface area contributed by atoms with Crippen molar-refractivity contribution in [3.63, 3.8) is 0 Å². The summed E-state index contributed by atoms with van der Waals surface area (Å²) in [6.45, 7) is 0.819. The van der Waals surface area contributed by atoms with Gasteiger partial charge in [-0.25, -0.2) is 4.79 Å². The van der Waals surface area contributed by atoms with Gasteiger partial charge in [0, 0.05) is 17.1 Å². The maximum absolute atomic E-state index is 12.9. The Bertz CT molecular complexity index is 1050. The predicted octanol–water partition coefficient (Wildman–Crippen LogP) is 5.63. The lowest BCUT2D eigenvalue weighted by molar-refractivity contribution is 0.0862. The Labute approximate surface area is 175 Å². The highest BCUT2D eigenvalue weighted by molar-refractivity contribution is 6.30. The maximum Gasteiger partial charge on any atom is 0.411 e. The number of carbonyl (C=O) groups excluding carboxylic acids is 1. The number of hydrogen-bond acceptors (Lipinski definition) is 2. The molecule has 0 fully saturated rings. The van der Waals surface area contributed by atoms with Crippen molar-refractivity contribution in [3.8, 4) is 11.8 Å². The average Bonchev–Trinajstić information content (AvgIpc) is 2.77. The molecule has 0 unspecified atom stereocenters. The molecule has 0 aromatic heterocycles. The van der Waals surface area contributed by atoms with E-state index in [2.05, 4.69) is 17.9 Å². The van der Waals surface area contributed by atoms with Gasteiger partial charge in [-0.1, -0.05) is 78.0 Å². The molecule has 1 heterocycles.